The molecule has 0 aliphatic carbocycles. The second-order valence-corrected chi connectivity index (χ2v) is 12.1. The van der Waals surface area contributed by atoms with Crippen molar-refractivity contribution < 1.29 is 24.2 Å². The molecule has 232 valence electrons. The molecular formula is C31H48N6O5. The summed E-state index contributed by atoms with van der Waals surface area (Å²) in [6, 6.07) is 7.60. The monoisotopic (exact) mass is 584 g/mol. The number of aliphatic hydroxyl groups is 1. The Hall–Kier alpha value is -3.86. The second-order valence-electron chi connectivity index (χ2n) is 12.1. The number of hydrogen-bond donors (Lipinski definition) is 3. The lowest BCUT2D eigenvalue weighted by atomic mass is 9.91. The van der Waals surface area contributed by atoms with Gasteiger partial charge in [0.15, 0.2) is 0 Å². The van der Waals surface area contributed by atoms with Crippen molar-refractivity contribution in [1.82, 2.24) is 19.8 Å². The van der Waals surface area contributed by atoms with Crippen molar-refractivity contribution in [1.29, 1.82) is 0 Å². The highest BCUT2D eigenvalue weighted by Crippen LogP contribution is 2.28. The smallest absolute Gasteiger partial charge is 0.410 e. The number of nitrogens with two attached hydrogens (primary N) is 2. The van der Waals surface area contributed by atoms with Gasteiger partial charge in [-0.25, -0.2) is 19.6 Å². The van der Waals surface area contributed by atoms with E-state index in [1.54, 1.807) is 22.1 Å². The molecule has 1 fully saturated rings. The number of pyridine rings is 2. The normalized spacial score (nSPS) is 15.8. The highest BCUT2D eigenvalue weighted by Gasteiger charge is 2.27. The SMILES string of the molecule is CC(C)(C)OC(=O)N1CC=C(c2ccc(N)nc2)CC1.CC(C)(C)OC(=O)N1CCC(c2ccc(N)nc2)CC1.CO. The van der Waals surface area contributed by atoms with Crippen LogP contribution < -0.4 is 11.5 Å². The van der Waals surface area contributed by atoms with Crippen molar-refractivity contribution in [3.05, 3.63) is 53.9 Å². The quantitative estimate of drug-likeness (QED) is 0.438. The fraction of sp³-hybridized carbons (Fsp3) is 0.548. The summed E-state index contributed by atoms with van der Waals surface area (Å²) in [6.07, 6.45) is 7.84. The van der Waals surface area contributed by atoms with Crippen molar-refractivity contribution in [3.63, 3.8) is 0 Å². The zero-order valence-corrected chi connectivity index (χ0v) is 26.1. The molecule has 2 aliphatic heterocycles. The molecule has 11 heteroatoms. The Morgan fingerprint density at radius 2 is 1.33 bits per heavy atom. The van der Waals surface area contributed by atoms with Gasteiger partial charge in [-0.1, -0.05) is 12.1 Å². The molecule has 0 atom stereocenters. The molecule has 42 heavy (non-hydrogen) atoms. The van der Waals surface area contributed by atoms with E-state index in [4.69, 9.17) is 26.0 Å². The Kier molecular flexibility index (Phi) is 12.6. The predicted molar refractivity (Wildman–Crippen MR) is 166 cm³/mol. The van der Waals surface area contributed by atoms with Crippen molar-refractivity contribution in [2.75, 3.05) is 44.8 Å². The van der Waals surface area contributed by atoms with Crippen LogP contribution in [0.4, 0.5) is 21.2 Å². The van der Waals surface area contributed by atoms with Gasteiger partial charge in [0.05, 0.1) is 0 Å². The topological polar surface area (TPSA) is 157 Å². The third-order valence-corrected chi connectivity index (χ3v) is 6.45. The third kappa shape index (κ3) is 11.6. The molecule has 0 radical (unpaired) electrons. The van der Waals surface area contributed by atoms with E-state index in [1.807, 2.05) is 72.0 Å². The van der Waals surface area contributed by atoms with Crippen LogP contribution in [0, 0.1) is 0 Å². The van der Waals surface area contributed by atoms with Gasteiger partial charge in [0, 0.05) is 45.7 Å². The molecule has 11 nitrogen and oxygen atoms in total. The Labute approximate surface area is 249 Å². The van der Waals surface area contributed by atoms with Crippen LogP contribution in [0.1, 0.15) is 77.8 Å². The molecule has 0 bridgehead atoms. The zero-order chi connectivity index (χ0) is 31.5. The van der Waals surface area contributed by atoms with Crippen LogP contribution in [-0.2, 0) is 9.47 Å². The number of amides is 2. The number of nitrogen functional groups attached to an aromatic ring is 2. The summed E-state index contributed by atoms with van der Waals surface area (Å²) in [4.78, 5) is 35.6. The summed E-state index contributed by atoms with van der Waals surface area (Å²) in [5.41, 5.74) is 13.7. The van der Waals surface area contributed by atoms with Crippen molar-refractivity contribution >= 4 is 29.4 Å². The van der Waals surface area contributed by atoms with Gasteiger partial charge in [-0.2, -0.15) is 0 Å². The van der Waals surface area contributed by atoms with Crippen molar-refractivity contribution in [2.24, 2.45) is 0 Å². The maximum Gasteiger partial charge on any atom is 0.410 e. The van der Waals surface area contributed by atoms with E-state index in [1.165, 1.54) is 11.1 Å². The molecule has 2 amide bonds. The first-order valence-electron chi connectivity index (χ1n) is 14.2. The molecule has 0 saturated carbocycles. The van der Waals surface area contributed by atoms with Crippen LogP contribution >= 0.6 is 0 Å². The zero-order valence-electron chi connectivity index (χ0n) is 26.1. The van der Waals surface area contributed by atoms with E-state index in [2.05, 4.69) is 9.97 Å². The molecule has 5 N–H and O–H groups in total. The summed E-state index contributed by atoms with van der Waals surface area (Å²) in [6.45, 7) is 13.9. The first-order chi connectivity index (χ1) is 19.7. The van der Waals surface area contributed by atoms with E-state index < -0.39 is 11.2 Å². The highest BCUT2D eigenvalue weighted by molar-refractivity contribution is 5.72. The first-order valence-corrected chi connectivity index (χ1v) is 14.2. The molecule has 0 spiro atoms. The molecule has 1 saturated heterocycles. The number of anilines is 2. The van der Waals surface area contributed by atoms with Gasteiger partial charge in [-0.3, -0.25) is 0 Å². The van der Waals surface area contributed by atoms with Crippen molar-refractivity contribution in [3.8, 4) is 0 Å². The number of nitrogens with zero attached hydrogens (tertiary/aromatic N) is 4. The average Bonchev–Trinajstić information content (AvgIpc) is 2.94. The minimum Gasteiger partial charge on any atom is -0.444 e. The number of aliphatic hydroxyl groups excluding tert-OH is 1. The number of ether oxygens (including phenoxy) is 2. The summed E-state index contributed by atoms with van der Waals surface area (Å²) in [7, 11) is 1.00. The number of carbonyl (C=O) groups is 2. The summed E-state index contributed by atoms with van der Waals surface area (Å²) >= 11 is 0. The van der Waals surface area contributed by atoms with Crippen LogP contribution in [0.15, 0.2) is 42.7 Å². The van der Waals surface area contributed by atoms with Crippen LogP contribution in [0.3, 0.4) is 0 Å². The van der Waals surface area contributed by atoms with E-state index in [9.17, 15) is 9.59 Å². The lowest BCUT2D eigenvalue weighted by Crippen LogP contribution is -2.41. The Bertz CT molecular complexity index is 1160. The number of likely N-dealkylation sites (tertiary alicyclic amines) is 1. The lowest BCUT2D eigenvalue weighted by Gasteiger charge is -2.33. The van der Waals surface area contributed by atoms with Crippen LogP contribution in [0.5, 0.6) is 0 Å². The fourth-order valence-corrected chi connectivity index (χ4v) is 4.40. The Morgan fingerprint density at radius 3 is 1.76 bits per heavy atom. The number of aromatic nitrogens is 2. The number of rotatable bonds is 2. The van der Waals surface area contributed by atoms with E-state index in [0.717, 1.165) is 45.0 Å². The molecule has 2 aromatic heterocycles. The Morgan fingerprint density at radius 1 is 0.810 bits per heavy atom. The highest BCUT2D eigenvalue weighted by atomic mass is 16.6. The minimum atomic E-state index is -0.456. The number of piperidine rings is 1. The van der Waals surface area contributed by atoms with Gasteiger partial charge in [0.25, 0.3) is 0 Å². The standard InChI is InChI=1S/C15H23N3O2.C15H21N3O2.CH4O/c2*1-15(2,3)20-14(19)18-8-6-11(7-9-18)12-4-5-13(16)17-10-12;1-2/h4-5,10-11H,6-9H2,1-3H3,(H2,16,17);4-6,10H,7-9H2,1-3H3,(H2,16,17);2H,1H3. The van der Waals surface area contributed by atoms with E-state index in [-0.39, 0.29) is 12.2 Å². The van der Waals surface area contributed by atoms with Crippen LogP contribution in [0.25, 0.3) is 5.57 Å². The predicted octanol–water partition coefficient (Wildman–Crippen LogP) is 5.07. The fourth-order valence-electron chi connectivity index (χ4n) is 4.40. The average molecular weight is 585 g/mol. The number of carbonyl (C=O) groups excluding carboxylic acids is 2. The molecule has 4 rings (SSSR count). The molecule has 0 unspecified atom stereocenters. The van der Waals surface area contributed by atoms with Gasteiger partial charge < -0.3 is 35.8 Å². The van der Waals surface area contributed by atoms with Gasteiger partial charge in [-0.05, 0) is 102 Å². The van der Waals surface area contributed by atoms with Gasteiger partial charge in [0.2, 0.25) is 0 Å². The van der Waals surface area contributed by atoms with E-state index in [0.29, 0.717) is 30.6 Å². The third-order valence-electron chi connectivity index (χ3n) is 6.45. The van der Waals surface area contributed by atoms with Gasteiger partial charge in [0.1, 0.15) is 22.8 Å². The van der Waals surface area contributed by atoms with Gasteiger partial charge in [-0.15, -0.1) is 0 Å². The van der Waals surface area contributed by atoms with E-state index >= 15 is 0 Å². The first kappa shape index (κ1) is 34.3. The maximum absolute atomic E-state index is 12.0. The number of hydrogen-bond acceptors (Lipinski definition) is 9. The second kappa shape index (κ2) is 15.4. The van der Waals surface area contributed by atoms with Crippen LogP contribution in [0.2, 0.25) is 0 Å². The molecule has 0 aromatic carbocycles. The summed E-state index contributed by atoms with van der Waals surface area (Å²) in [5, 5.41) is 7.00. The largest absolute Gasteiger partial charge is 0.444 e. The maximum atomic E-state index is 12.0. The summed E-state index contributed by atoms with van der Waals surface area (Å²) < 4.78 is 10.8. The molecule has 2 aromatic rings. The summed E-state index contributed by atoms with van der Waals surface area (Å²) in [5.74, 6) is 1.50. The lowest BCUT2D eigenvalue weighted by molar-refractivity contribution is 0.0203. The Balaban J connectivity index is 0.000000277. The van der Waals surface area contributed by atoms with Crippen molar-refractivity contribution in [2.45, 2.75) is 77.9 Å². The van der Waals surface area contributed by atoms with Gasteiger partial charge >= 0.3 is 12.2 Å². The molecular weight excluding hydrogens is 536 g/mol. The minimum absolute atomic E-state index is 0.216. The molecule has 2 aliphatic rings. The van der Waals surface area contributed by atoms with Crippen LogP contribution in [-0.4, -0.2) is 81.6 Å². The molecule has 4 heterocycles.